The Kier molecular flexibility index (Phi) is 18.3. The number of carbonyl (C=O) groups excluding carboxylic acids is 3. The van der Waals surface area contributed by atoms with E-state index in [4.69, 9.17) is 24.6 Å². The number of fused-ring (bicyclic) bond motifs is 1. The summed E-state index contributed by atoms with van der Waals surface area (Å²) in [6.45, 7) is -0.225. The van der Waals surface area contributed by atoms with E-state index in [2.05, 4.69) is 34.4 Å². The summed E-state index contributed by atoms with van der Waals surface area (Å²) in [5, 5.41) is 53.7. The van der Waals surface area contributed by atoms with Crippen molar-refractivity contribution in [1.29, 1.82) is 0 Å². The standard InChI is InChI=1S/C27H46N7O20P3S/c1-27(2,21(40)24(41)30-5-3-17(38)29-6-8-58-26(42)15(37)9-14(36)4-7-35)11-51-57(48,49)54-56(46,47)50-10-16-20(53-55(43,44)45)19(39)25(52-16)34-13-33-18-22(28)31-12-32-23(18)34/h12-16,19-21,25,35-37,39-40H,3-11H2,1-2H3,(H,29,38)(H,30,41)(H,46,47)(H,48,49)(H2,28,31,32)(H2,43,44,45)/t14?,15?,16-,19-,20-,21?,25-/m1/s1. The van der Waals surface area contributed by atoms with E-state index in [1.807, 2.05) is 0 Å². The molecule has 2 aromatic heterocycles. The van der Waals surface area contributed by atoms with Gasteiger partial charge in [-0.3, -0.25) is 32.5 Å². The fourth-order valence-electron chi connectivity index (χ4n) is 5.00. The molecule has 9 atom stereocenters. The SMILES string of the molecule is CC(C)(COP(=O)(O)OP(=O)(O)OC[C@H]1O[C@@H](n2cnc3c(N)ncnc32)[C@H](O)[C@@H]1OP(=O)(O)O)C(O)C(=O)NCCC(=O)NCCSC(=O)C(O)CC(O)CCO. The van der Waals surface area contributed by atoms with Crippen molar-refractivity contribution < 1.29 is 95.8 Å². The molecule has 0 radical (unpaired) electrons. The molecule has 0 spiro atoms. The highest BCUT2D eigenvalue weighted by atomic mass is 32.2. The third-order valence-corrected chi connectivity index (χ3v) is 12.0. The zero-order chi connectivity index (χ0) is 43.6. The topological polar surface area (TPSA) is 424 Å². The number of aliphatic hydroxyl groups excluding tert-OH is 5. The molecule has 2 amide bonds. The summed E-state index contributed by atoms with van der Waals surface area (Å²) in [6.07, 6.45) is -9.93. The molecule has 330 valence electrons. The number of ether oxygens (including phenoxy) is 1. The number of phosphoric ester groups is 3. The van der Waals surface area contributed by atoms with Gasteiger partial charge in [0.05, 0.1) is 25.6 Å². The summed E-state index contributed by atoms with van der Waals surface area (Å²) in [5.74, 6) is -1.56. The van der Waals surface area contributed by atoms with Crippen LogP contribution in [0.3, 0.4) is 0 Å². The third-order valence-electron chi connectivity index (χ3n) is 7.98. The summed E-state index contributed by atoms with van der Waals surface area (Å²) in [5.41, 5.74) is 4.18. The predicted molar refractivity (Wildman–Crippen MR) is 195 cm³/mol. The van der Waals surface area contributed by atoms with Gasteiger partial charge in [-0.1, -0.05) is 25.6 Å². The number of rotatable bonds is 24. The summed E-state index contributed by atoms with van der Waals surface area (Å²) < 4.78 is 62.0. The Morgan fingerprint density at radius 1 is 1.03 bits per heavy atom. The average molecular weight is 914 g/mol. The van der Waals surface area contributed by atoms with Crippen LogP contribution in [0.1, 0.15) is 39.3 Å². The number of nitrogens with zero attached hydrogens (tertiary/aromatic N) is 4. The first-order chi connectivity index (χ1) is 26.9. The van der Waals surface area contributed by atoms with E-state index < -0.39 is 102 Å². The van der Waals surface area contributed by atoms with Gasteiger partial charge in [-0.05, 0) is 6.42 Å². The molecule has 1 saturated heterocycles. The molecule has 5 unspecified atom stereocenters. The number of nitrogen functional groups attached to an aromatic ring is 1. The van der Waals surface area contributed by atoms with Crippen LogP contribution in [0.15, 0.2) is 12.7 Å². The number of amides is 2. The quantitative estimate of drug-likeness (QED) is 0.0373. The second-order valence-electron chi connectivity index (χ2n) is 13.2. The van der Waals surface area contributed by atoms with Crippen LogP contribution in [0.5, 0.6) is 0 Å². The second kappa shape index (κ2) is 21.3. The smallest absolute Gasteiger partial charge is 0.396 e. The fraction of sp³-hybridized carbons (Fsp3) is 0.704. The first-order valence-corrected chi connectivity index (χ1v) is 22.4. The molecule has 0 aromatic carbocycles. The number of aromatic nitrogens is 4. The first-order valence-electron chi connectivity index (χ1n) is 16.9. The number of thioether (sulfide) groups is 1. The fourth-order valence-corrected chi connectivity index (χ4v) is 8.52. The van der Waals surface area contributed by atoms with E-state index >= 15 is 0 Å². The van der Waals surface area contributed by atoms with Crippen LogP contribution in [0.2, 0.25) is 0 Å². The molecule has 13 N–H and O–H groups in total. The molecule has 27 nitrogen and oxygen atoms in total. The highest BCUT2D eigenvalue weighted by Gasteiger charge is 2.50. The predicted octanol–water partition coefficient (Wildman–Crippen LogP) is -2.84. The van der Waals surface area contributed by atoms with Crippen LogP contribution >= 0.6 is 35.2 Å². The number of carbonyl (C=O) groups is 3. The van der Waals surface area contributed by atoms with Crippen molar-refractivity contribution in [2.75, 3.05) is 44.4 Å². The third kappa shape index (κ3) is 15.2. The van der Waals surface area contributed by atoms with Gasteiger partial charge in [-0.2, -0.15) is 4.31 Å². The Morgan fingerprint density at radius 2 is 1.71 bits per heavy atom. The van der Waals surface area contributed by atoms with Crippen molar-refractivity contribution in [3.63, 3.8) is 0 Å². The molecular weight excluding hydrogens is 867 g/mol. The van der Waals surface area contributed by atoms with Gasteiger partial charge in [-0.15, -0.1) is 0 Å². The van der Waals surface area contributed by atoms with Crippen LogP contribution in [0.4, 0.5) is 5.82 Å². The number of imidazole rings is 1. The van der Waals surface area contributed by atoms with E-state index in [9.17, 15) is 68.1 Å². The summed E-state index contributed by atoms with van der Waals surface area (Å²) in [7, 11) is -16.5. The van der Waals surface area contributed by atoms with Crippen LogP contribution in [0.25, 0.3) is 11.2 Å². The Balaban J connectivity index is 1.46. The van der Waals surface area contributed by atoms with Gasteiger partial charge >= 0.3 is 23.5 Å². The molecule has 1 fully saturated rings. The summed E-state index contributed by atoms with van der Waals surface area (Å²) in [4.78, 5) is 87.5. The molecular formula is C27H46N7O20P3S. The Labute approximate surface area is 333 Å². The minimum Gasteiger partial charge on any atom is -0.396 e. The maximum absolute atomic E-state index is 12.7. The maximum Gasteiger partial charge on any atom is 0.481 e. The monoisotopic (exact) mass is 913 g/mol. The van der Waals surface area contributed by atoms with Crippen LogP contribution in [-0.2, 0) is 50.7 Å². The van der Waals surface area contributed by atoms with Gasteiger partial charge < -0.3 is 66.2 Å². The van der Waals surface area contributed by atoms with Crippen LogP contribution < -0.4 is 16.4 Å². The van der Waals surface area contributed by atoms with E-state index in [0.717, 1.165) is 17.2 Å². The molecule has 3 heterocycles. The Bertz CT molecular complexity index is 1870. The number of anilines is 1. The van der Waals surface area contributed by atoms with Gasteiger partial charge in [0, 0.05) is 43.7 Å². The molecule has 0 saturated carbocycles. The lowest BCUT2D eigenvalue weighted by atomic mass is 9.87. The number of nitrogens with one attached hydrogen (secondary N) is 2. The minimum atomic E-state index is -5.60. The number of nitrogens with two attached hydrogens (primary N) is 1. The van der Waals surface area contributed by atoms with E-state index in [1.54, 1.807) is 0 Å². The number of hydrogen-bond acceptors (Lipinski definition) is 21. The summed E-state index contributed by atoms with van der Waals surface area (Å²) >= 11 is 0.715. The van der Waals surface area contributed by atoms with E-state index in [1.165, 1.54) is 13.8 Å². The second-order valence-corrected chi connectivity index (χ2v) is 18.5. The zero-order valence-electron chi connectivity index (χ0n) is 30.7. The molecule has 2 aromatic rings. The van der Waals surface area contributed by atoms with Gasteiger partial charge in [0.15, 0.2) is 17.7 Å². The molecule has 58 heavy (non-hydrogen) atoms. The highest BCUT2D eigenvalue weighted by molar-refractivity contribution is 8.13. The van der Waals surface area contributed by atoms with Crippen molar-refractivity contribution >= 4 is 69.1 Å². The van der Waals surface area contributed by atoms with Gasteiger partial charge in [0.2, 0.25) is 16.9 Å². The van der Waals surface area contributed by atoms with E-state index in [0.29, 0.717) is 11.8 Å². The lowest BCUT2D eigenvalue weighted by Crippen LogP contribution is -2.46. The van der Waals surface area contributed by atoms with Crippen molar-refractivity contribution in [2.45, 2.75) is 76.0 Å². The molecule has 0 aliphatic carbocycles. The highest BCUT2D eigenvalue weighted by Crippen LogP contribution is 2.61. The molecule has 1 aliphatic heterocycles. The molecule has 0 bridgehead atoms. The van der Waals surface area contributed by atoms with Crippen molar-refractivity contribution in [3.8, 4) is 0 Å². The Hall–Kier alpha value is -2.56. The zero-order valence-corrected chi connectivity index (χ0v) is 34.2. The molecule has 1 aliphatic rings. The maximum atomic E-state index is 12.7. The van der Waals surface area contributed by atoms with Gasteiger partial charge in [0.25, 0.3) is 0 Å². The molecule has 31 heteroatoms. The van der Waals surface area contributed by atoms with Gasteiger partial charge in [0.1, 0.15) is 42.4 Å². The minimum absolute atomic E-state index is 0.00312. The van der Waals surface area contributed by atoms with Crippen molar-refractivity contribution in [3.05, 3.63) is 12.7 Å². The number of phosphoric acid groups is 3. The average Bonchev–Trinajstić information content (AvgIpc) is 3.68. The van der Waals surface area contributed by atoms with Crippen LogP contribution in [0, 0.1) is 5.41 Å². The summed E-state index contributed by atoms with van der Waals surface area (Å²) in [6, 6.07) is 0. The normalized spacial score (nSPS) is 22.5. The van der Waals surface area contributed by atoms with Crippen molar-refractivity contribution in [1.82, 2.24) is 30.2 Å². The lowest BCUT2D eigenvalue weighted by Gasteiger charge is -2.30. The largest absolute Gasteiger partial charge is 0.481 e. The van der Waals surface area contributed by atoms with Crippen LogP contribution in [-0.4, -0.2) is 157 Å². The van der Waals surface area contributed by atoms with Crippen molar-refractivity contribution in [2.24, 2.45) is 5.41 Å². The number of aliphatic hydroxyl groups is 5. The first kappa shape index (κ1) is 49.8. The number of hydrogen-bond donors (Lipinski definition) is 12. The lowest BCUT2D eigenvalue weighted by molar-refractivity contribution is -0.137. The van der Waals surface area contributed by atoms with E-state index in [-0.39, 0.29) is 61.7 Å². The van der Waals surface area contributed by atoms with Gasteiger partial charge in [-0.25, -0.2) is 28.6 Å². The Morgan fingerprint density at radius 3 is 2.36 bits per heavy atom. The molecule has 3 rings (SSSR count).